The van der Waals surface area contributed by atoms with Gasteiger partial charge in [-0.25, -0.2) is 0 Å². The topological polar surface area (TPSA) is 18.5 Å². The minimum absolute atomic E-state index is 1.61. The maximum Gasteiger partial charge on any atom is 0.0968 e. The van der Waals surface area contributed by atoms with Crippen molar-refractivity contribution >= 4 is 23.5 Å². The van der Waals surface area contributed by atoms with Gasteiger partial charge in [0, 0.05) is 21.6 Å². The maximum absolute atomic E-state index is 4.69. The van der Waals surface area contributed by atoms with Crippen molar-refractivity contribution in [3.8, 4) is 0 Å². The van der Waals surface area contributed by atoms with E-state index in [1.54, 1.807) is 48.6 Å². The van der Waals surface area contributed by atoms with Crippen LogP contribution < -0.4 is 0 Å². The lowest BCUT2D eigenvalue weighted by atomic mass is 11.0. The largest absolute Gasteiger partial charge is 0.472 e. The molecule has 2 heterocycles. The molecule has 0 fully saturated rings. The van der Waals surface area contributed by atoms with Gasteiger partial charge in [-0.3, -0.25) is 0 Å². The molecule has 0 amide bonds. The van der Waals surface area contributed by atoms with E-state index in [0.29, 0.717) is 0 Å². The van der Waals surface area contributed by atoms with Crippen LogP contribution in [0.1, 0.15) is 0 Å². The molecule has 0 aromatic rings. The summed E-state index contributed by atoms with van der Waals surface area (Å²) in [6.07, 6.45) is 6.57. The Kier molecular flexibility index (Phi) is 5.41. The second-order valence-electron chi connectivity index (χ2n) is 1.63. The van der Waals surface area contributed by atoms with Gasteiger partial charge in [0.25, 0.3) is 0 Å². The second-order valence-corrected chi connectivity index (χ2v) is 3.27. The summed E-state index contributed by atoms with van der Waals surface area (Å²) in [5.74, 6) is 0. The molecule has 4 heteroatoms. The molecule has 0 bridgehead atoms. The molecule has 2 aliphatic heterocycles. The summed E-state index contributed by atoms with van der Waals surface area (Å²) in [6.45, 7) is 0. The van der Waals surface area contributed by atoms with Gasteiger partial charge in [-0.1, -0.05) is 23.5 Å². The van der Waals surface area contributed by atoms with Crippen LogP contribution in [0.25, 0.3) is 0 Å². The van der Waals surface area contributed by atoms with Crippen molar-refractivity contribution in [3.05, 3.63) is 46.7 Å². The van der Waals surface area contributed by atoms with Gasteiger partial charge in [0.15, 0.2) is 0 Å². The fraction of sp³-hybridized carbons (Fsp3) is 0. The summed E-state index contributed by atoms with van der Waals surface area (Å²) in [7, 11) is 0. The molecule has 0 saturated carbocycles. The van der Waals surface area contributed by atoms with Crippen LogP contribution in [0.15, 0.2) is 46.7 Å². The van der Waals surface area contributed by atoms with Crippen molar-refractivity contribution < 1.29 is 9.47 Å². The molecule has 2 rings (SSSR count). The van der Waals surface area contributed by atoms with Crippen LogP contribution in [0.2, 0.25) is 0 Å². The highest BCUT2D eigenvalue weighted by Crippen LogP contribution is 2.08. The fourth-order valence-electron chi connectivity index (χ4n) is 0.438. The first-order valence-electron chi connectivity index (χ1n) is 3.22. The Labute approximate surface area is 80.0 Å². The lowest BCUT2D eigenvalue weighted by molar-refractivity contribution is 0.403. The van der Waals surface area contributed by atoms with Gasteiger partial charge in [0.05, 0.1) is 25.0 Å². The normalized spacial score (nSPS) is 17.3. The first-order chi connectivity index (χ1) is 6.00. The Balaban J connectivity index is 0.000000120. The molecule has 2 nitrogen and oxygen atoms in total. The fourth-order valence-corrected chi connectivity index (χ4v) is 1.13. The molecule has 0 aromatic heterocycles. The Morgan fingerprint density at radius 3 is 1.00 bits per heavy atom. The van der Waals surface area contributed by atoms with Crippen LogP contribution >= 0.6 is 23.5 Å². The standard InChI is InChI=1S/2C4H4OS/c2*1-3-6-4-2-5-1/h2*1-4H. The third-order valence-electron chi connectivity index (χ3n) is 0.851. The van der Waals surface area contributed by atoms with Gasteiger partial charge in [-0.05, 0) is 0 Å². The van der Waals surface area contributed by atoms with E-state index >= 15 is 0 Å². The SMILES string of the molecule is C1=CSC=CO1.C1=CSC=CO1. The summed E-state index contributed by atoms with van der Waals surface area (Å²) in [4.78, 5) is 0. The monoisotopic (exact) mass is 200 g/mol. The molecular weight excluding hydrogens is 192 g/mol. The van der Waals surface area contributed by atoms with Gasteiger partial charge in [0.2, 0.25) is 0 Å². The molecule has 0 aromatic carbocycles. The van der Waals surface area contributed by atoms with Crippen LogP contribution in [-0.4, -0.2) is 0 Å². The van der Waals surface area contributed by atoms with Gasteiger partial charge < -0.3 is 9.47 Å². The van der Waals surface area contributed by atoms with E-state index in [1.807, 2.05) is 21.6 Å². The Morgan fingerprint density at radius 1 is 0.583 bits per heavy atom. The van der Waals surface area contributed by atoms with Crippen LogP contribution in [-0.2, 0) is 9.47 Å². The third-order valence-corrected chi connectivity index (χ3v) is 1.92. The molecule has 0 spiro atoms. The van der Waals surface area contributed by atoms with E-state index in [-0.39, 0.29) is 0 Å². The third kappa shape index (κ3) is 4.98. The van der Waals surface area contributed by atoms with E-state index in [0.717, 1.165) is 0 Å². The summed E-state index contributed by atoms with van der Waals surface area (Å²) in [6, 6.07) is 0. The Hall–Kier alpha value is -0.740. The van der Waals surface area contributed by atoms with E-state index in [9.17, 15) is 0 Å². The summed E-state index contributed by atoms with van der Waals surface area (Å²) in [5, 5.41) is 7.50. The van der Waals surface area contributed by atoms with E-state index in [1.165, 1.54) is 0 Å². The zero-order valence-corrected chi connectivity index (χ0v) is 7.88. The van der Waals surface area contributed by atoms with Gasteiger partial charge in [-0.2, -0.15) is 0 Å². The molecule has 64 valence electrons. The van der Waals surface area contributed by atoms with Crippen LogP contribution in [0.3, 0.4) is 0 Å². The highest BCUT2D eigenvalue weighted by Gasteiger charge is 1.76. The summed E-state index contributed by atoms with van der Waals surface area (Å²) < 4.78 is 9.38. The molecule has 0 saturated heterocycles. The molecule has 0 aliphatic carbocycles. The van der Waals surface area contributed by atoms with Crippen molar-refractivity contribution in [1.29, 1.82) is 0 Å². The zero-order chi connectivity index (χ0) is 8.49. The number of thioether (sulfide) groups is 2. The van der Waals surface area contributed by atoms with Gasteiger partial charge in [0.1, 0.15) is 0 Å². The predicted molar refractivity (Wildman–Crippen MR) is 53.9 cm³/mol. The van der Waals surface area contributed by atoms with E-state index in [4.69, 9.17) is 0 Å². The first kappa shape index (κ1) is 9.35. The van der Waals surface area contributed by atoms with E-state index in [2.05, 4.69) is 9.47 Å². The van der Waals surface area contributed by atoms with Gasteiger partial charge >= 0.3 is 0 Å². The average molecular weight is 200 g/mol. The van der Waals surface area contributed by atoms with E-state index < -0.39 is 0 Å². The number of rotatable bonds is 0. The molecule has 0 N–H and O–H groups in total. The molecule has 0 unspecified atom stereocenters. The van der Waals surface area contributed by atoms with Crippen molar-refractivity contribution in [2.24, 2.45) is 0 Å². The number of hydrogen-bond donors (Lipinski definition) is 0. The zero-order valence-electron chi connectivity index (χ0n) is 6.25. The van der Waals surface area contributed by atoms with Crippen molar-refractivity contribution in [3.63, 3.8) is 0 Å². The molecule has 0 radical (unpaired) electrons. The Bertz CT molecular complexity index is 155. The smallest absolute Gasteiger partial charge is 0.0968 e. The average Bonchev–Trinajstić information content (AvgIpc) is 2.24. The minimum Gasteiger partial charge on any atom is -0.472 e. The highest BCUT2D eigenvalue weighted by atomic mass is 32.2. The van der Waals surface area contributed by atoms with Crippen molar-refractivity contribution in [2.45, 2.75) is 0 Å². The Morgan fingerprint density at radius 2 is 0.917 bits per heavy atom. The van der Waals surface area contributed by atoms with Gasteiger partial charge in [-0.15, -0.1) is 0 Å². The molecule has 0 atom stereocenters. The van der Waals surface area contributed by atoms with Crippen molar-refractivity contribution in [2.75, 3.05) is 0 Å². The first-order valence-corrected chi connectivity index (χ1v) is 5.10. The lowest BCUT2D eigenvalue weighted by Crippen LogP contribution is -1.65. The molecule has 12 heavy (non-hydrogen) atoms. The van der Waals surface area contributed by atoms with Crippen LogP contribution in [0.5, 0.6) is 0 Å². The predicted octanol–water partition coefficient (Wildman–Crippen LogP) is 3.38. The van der Waals surface area contributed by atoms with Crippen LogP contribution in [0, 0.1) is 0 Å². The quantitative estimate of drug-likeness (QED) is 0.596. The number of hydrogen-bond acceptors (Lipinski definition) is 4. The maximum atomic E-state index is 4.69. The lowest BCUT2D eigenvalue weighted by Gasteiger charge is -1.91. The summed E-state index contributed by atoms with van der Waals surface area (Å²) >= 11 is 3.22. The number of ether oxygens (including phenoxy) is 2. The molecule has 2 aliphatic rings. The molecular formula is C8H8O2S2. The van der Waals surface area contributed by atoms with Crippen molar-refractivity contribution in [1.82, 2.24) is 0 Å². The second kappa shape index (κ2) is 6.94. The minimum atomic E-state index is 1.61. The van der Waals surface area contributed by atoms with Crippen LogP contribution in [0.4, 0.5) is 0 Å². The summed E-state index contributed by atoms with van der Waals surface area (Å²) in [5.41, 5.74) is 0. The highest BCUT2D eigenvalue weighted by molar-refractivity contribution is 8.05.